The van der Waals surface area contributed by atoms with E-state index < -0.39 is 0 Å². The topological polar surface area (TPSA) is 44.1 Å². The van der Waals surface area contributed by atoms with Gasteiger partial charge in [-0.1, -0.05) is 0 Å². The third-order valence-corrected chi connectivity index (χ3v) is 2.64. The van der Waals surface area contributed by atoms with Crippen molar-refractivity contribution in [2.75, 3.05) is 7.11 Å². The van der Waals surface area contributed by atoms with Crippen LogP contribution in [0.25, 0.3) is 11.0 Å². The number of imidazole rings is 1. The summed E-state index contributed by atoms with van der Waals surface area (Å²) in [5, 5.41) is 0. The molecule has 0 saturated heterocycles. The first kappa shape index (κ1) is 11.6. The molecule has 0 amide bonds. The van der Waals surface area contributed by atoms with Gasteiger partial charge in [-0.3, -0.25) is 4.79 Å². The molecule has 0 radical (unpaired) electrons. The van der Waals surface area contributed by atoms with Crippen molar-refractivity contribution in [3.8, 4) is 0 Å². The minimum Gasteiger partial charge on any atom is -0.469 e. The van der Waals surface area contributed by atoms with E-state index in [0.29, 0.717) is 17.9 Å². The monoisotopic (exact) mass is 236 g/mol. The van der Waals surface area contributed by atoms with E-state index >= 15 is 0 Å². The summed E-state index contributed by atoms with van der Waals surface area (Å²) < 4.78 is 19.6. The molecule has 17 heavy (non-hydrogen) atoms. The number of aryl methyl sites for hydroxylation is 1. The molecule has 4 nitrogen and oxygen atoms in total. The van der Waals surface area contributed by atoms with E-state index in [9.17, 15) is 9.18 Å². The van der Waals surface area contributed by atoms with Crippen LogP contribution in [0.1, 0.15) is 12.7 Å². The SMILES string of the molecule is CCn1c(CC(=O)OC)nc2cc(F)ccc21. The summed E-state index contributed by atoms with van der Waals surface area (Å²) in [5.74, 6) is -0.0849. The highest BCUT2D eigenvalue weighted by atomic mass is 19.1. The highest BCUT2D eigenvalue weighted by Crippen LogP contribution is 2.18. The molecule has 0 saturated carbocycles. The molecule has 0 aliphatic heterocycles. The first-order chi connectivity index (χ1) is 8.15. The maximum Gasteiger partial charge on any atom is 0.313 e. The van der Waals surface area contributed by atoms with Gasteiger partial charge in [-0.15, -0.1) is 0 Å². The molecule has 5 heteroatoms. The molecule has 90 valence electrons. The van der Waals surface area contributed by atoms with Gasteiger partial charge in [0.05, 0.1) is 18.1 Å². The second-order valence-corrected chi connectivity index (χ2v) is 3.66. The first-order valence-corrected chi connectivity index (χ1v) is 5.37. The van der Waals surface area contributed by atoms with E-state index in [2.05, 4.69) is 9.72 Å². The number of hydrogen-bond donors (Lipinski definition) is 0. The third-order valence-electron chi connectivity index (χ3n) is 2.64. The molecule has 0 unspecified atom stereocenters. The van der Waals surface area contributed by atoms with Crippen molar-refractivity contribution >= 4 is 17.0 Å². The molecule has 2 rings (SSSR count). The predicted molar refractivity (Wildman–Crippen MR) is 61.1 cm³/mol. The number of nitrogens with zero attached hydrogens (tertiary/aromatic N) is 2. The van der Waals surface area contributed by atoms with E-state index in [4.69, 9.17) is 0 Å². The number of carbonyl (C=O) groups excluding carboxylic acids is 1. The van der Waals surface area contributed by atoms with Crippen molar-refractivity contribution in [3.05, 3.63) is 29.8 Å². The quantitative estimate of drug-likeness (QED) is 0.765. The van der Waals surface area contributed by atoms with Gasteiger partial charge >= 0.3 is 5.97 Å². The average Bonchev–Trinajstić information content (AvgIpc) is 2.64. The summed E-state index contributed by atoms with van der Waals surface area (Å²) >= 11 is 0. The van der Waals surface area contributed by atoms with Gasteiger partial charge in [0.1, 0.15) is 18.1 Å². The molecule has 0 aliphatic rings. The summed E-state index contributed by atoms with van der Waals surface area (Å²) in [6, 6.07) is 4.42. The molecule has 1 aromatic carbocycles. The number of halogens is 1. The van der Waals surface area contributed by atoms with Crippen molar-refractivity contribution in [3.63, 3.8) is 0 Å². The Morgan fingerprint density at radius 2 is 2.29 bits per heavy atom. The van der Waals surface area contributed by atoms with Crippen LogP contribution in [-0.2, 0) is 22.5 Å². The van der Waals surface area contributed by atoms with Gasteiger partial charge in [0.15, 0.2) is 0 Å². The fraction of sp³-hybridized carbons (Fsp3) is 0.333. The molecule has 0 bridgehead atoms. The highest BCUT2D eigenvalue weighted by molar-refractivity contribution is 5.78. The van der Waals surface area contributed by atoms with Gasteiger partial charge in [-0.25, -0.2) is 9.37 Å². The average molecular weight is 236 g/mol. The van der Waals surface area contributed by atoms with Crippen LogP contribution in [0.5, 0.6) is 0 Å². The van der Waals surface area contributed by atoms with Gasteiger partial charge in [0, 0.05) is 12.6 Å². The second kappa shape index (κ2) is 4.53. The van der Waals surface area contributed by atoms with Crippen LogP contribution in [0, 0.1) is 5.82 Å². The maximum atomic E-state index is 13.1. The number of fused-ring (bicyclic) bond motifs is 1. The molecule has 1 heterocycles. The highest BCUT2D eigenvalue weighted by Gasteiger charge is 2.13. The Hall–Kier alpha value is -1.91. The second-order valence-electron chi connectivity index (χ2n) is 3.66. The van der Waals surface area contributed by atoms with Gasteiger partial charge in [0.25, 0.3) is 0 Å². The van der Waals surface area contributed by atoms with E-state index in [1.54, 1.807) is 6.07 Å². The summed E-state index contributed by atoms with van der Waals surface area (Å²) in [6.45, 7) is 2.62. The Balaban J connectivity index is 2.51. The van der Waals surface area contributed by atoms with Crippen LogP contribution in [0.4, 0.5) is 4.39 Å². The molecule has 0 spiro atoms. The van der Waals surface area contributed by atoms with Crippen LogP contribution in [0.15, 0.2) is 18.2 Å². The molecule has 0 N–H and O–H groups in total. The lowest BCUT2D eigenvalue weighted by Crippen LogP contribution is -2.10. The zero-order valence-electron chi connectivity index (χ0n) is 9.74. The lowest BCUT2D eigenvalue weighted by atomic mass is 10.3. The van der Waals surface area contributed by atoms with Crippen LogP contribution in [0.3, 0.4) is 0 Å². The van der Waals surface area contributed by atoms with Crippen molar-refractivity contribution < 1.29 is 13.9 Å². The summed E-state index contributed by atoms with van der Waals surface area (Å²) in [7, 11) is 1.33. The lowest BCUT2D eigenvalue weighted by molar-refractivity contribution is -0.139. The van der Waals surface area contributed by atoms with Crippen LogP contribution in [0.2, 0.25) is 0 Å². The zero-order valence-corrected chi connectivity index (χ0v) is 9.74. The molecule has 0 atom stereocenters. The first-order valence-electron chi connectivity index (χ1n) is 5.37. The molecule has 0 fully saturated rings. The van der Waals surface area contributed by atoms with Gasteiger partial charge in [0.2, 0.25) is 0 Å². The number of hydrogen-bond acceptors (Lipinski definition) is 3. The predicted octanol–water partition coefficient (Wildman–Crippen LogP) is 1.91. The molecule has 0 aliphatic carbocycles. The summed E-state index contributed by atoms with van der Waals surface area (Å²) in [4.78, 5) is 15.5. The van der Waals surface area contributed by atoms with Crippen molar-refractivity contribution in [1.82, 2.24) is 9.55 Å². The van der Waals surface area contributed by atoms with Gasteiger partial charge in [-0.2, -0.15) is 0 Å². The van der Waals surface area contributed by atoms with E-state index in [0.717, 1.165) is 5.52 Å². The normalized spacial score (nSPS) is 10.8. The zero-order chi connectivity index (χ0) is 12.4. The largest absolute Gasteiger partial charge is 0.469 e. The Morgan fingerprint density at radius 3 is 2.94 bits per heavy atom. The van der Waals surface area contributed by atoms with Crippen molar-refractivity contribution in [2.24, 2.45) is 0 Å². The van der Waals surface area contributed by atoms with Gasteiger partial charge in [-0.05, 0) is 19.1 Å². The maximum absolute atomic E-state index is 13.1. The molecule has 1 aromatic heterocycles. The van der Waals surface area contributed by atoms with Crippen LogP contribution in [-0.4, -0.2) is 22.6 Å². The van der Waals surface area contributed by atoms with E-state index in [1.807, 2.05) is 11.5 Å². The van der Waals surface area contributed by atoms with Crippen molar-refractivity contribution in [2.45, 2.75) is 19.9 Å². The number of esters is 1. The Morgan fingerprint density at radius 1 is 1.53 bits per heavy atom. The smallest absolute Gasteiger partial charge is 0.313 e. The number of benzene rings is 1. The van der Waals surface area contributed by atoms with Crippen molar-refractivity contribution in [1.29, 1.82) is 0 Å². The minimum absolute atomic E-state index is 0.0979. The van der Waals surface area contributed by atoms with Gasteiger partial charge < -0.3 is 9.30 Å². The minimum atomic E-state index is -0.351. The number of carbonyl (C=O) groups is 1. The Labute approximate surface area is 98.0 Å². The van der Waals surface area contributed by atoms with E-state index in [1.165, 1.54) is 19.2 Å². The fourth-order valence-electron chi connectivity index (χ4n) is 1.84. The standard InChI is InChI=1S/C12H13FN2O2/c1-3-15-10-5-4-8(13)6-9(10)14-11(15)7-12(16)17-2/h4-6H,3,7H2,1-2H3. The lowest BCUT2D eigenvalue weighted by Gasteiger charge is -2.04. The molecule has 2 aromatic rings. The summed E-state index contributed by atoms with van der Waals surface area (Å²) in [5.41, 5.74) is 1.39. The van der Waals surface area contributed by atoms with Crippen LogP contribution >= 0.6 is 0 Å². The molecular formula is C12H13FN2O2. The summed E-state index contributed by atoms with van der Waals surface area (Å²) in [6.07, 6.45) is 0.0979. The van der Waals surface area contributed by atoms with Crippen LogP contribution < -0.4 is 0 Å². The molecular weight excluding hydrogens is 223 g/mol. The number of ether oxygens (including phenoxy) is 1. The van der Waals surface area contributed by atoms with E-state index in [-0.39, 0.29) is 18.2 Å². The Kier molecular flexibility index (Phi) is 3.08. The number of methoxy groups -OCH3 is 1. The Bertz CT molecular complexity index is 563. The number of aromatic nitrogens is 2. The third kappa shape index (κ3) is 2.13. The number of rotatable bonds is 3. The fourth-order valence-corrected chi connectivity index (χ4v) is 1.84.